The first-order valence-electron chi connectivity index (χ1n) is 5.40. The fourth-order valence-electron chi connectivity index (χ4n) is 1.22. The molecule has 0 radical (unpaired) electrons. The van der Waals surface area contributed by atoms with Crippen molar-refractivity contribution in [2.24, 2.45) is 0 Å². The van der Waals surface area contributed by atoms with Gasteiger partial charge in [0.05, 0.1) is 18.8 Å². The maximum Gasteiger partial charge on any atom is 0.234 e. The van der Waals surface area contributed by atoms with Gasteiger partial charge in [0, 0.05) is 5.41 Å². The molecule has 0 atom stereocenters. The zero-order chi connectivity index (χ0) is 13.6. The molecule has 0 aliphatic heterocycles. The highest BCUT2D eigenvalue weighted by Crippen LogP contribution is 2.07. The molecule has 6 heteroatoms. The molecule has 0 aliphatic carbocycles. The molecule has 100 valence electrons. The van der Waals surface area contributed by atoms with Crippen LogP contribution in [0.2, 0.25) is 0 Å². The molecule has 0 heterocycles. The molecule has 0 aromatic heterocycles. The smallest absolute Gasteiger partial charge is 0.234 e. The zero-order valence-corrected chi connectivity index (χ0v) is 10.9. The number of hydrogen-bond donors (Lipinski definition) is 3. The van der Waals surface area contributed by atoms with Gasteiger partial charge in [-0.15, -0.1) is 0 Å². The van der Waals surface area contributed by atoms with E-state index in [1.807, 2.05) is 6.07 Å². The lowest BCUT2D eigenvalue weighted by Crippen LogP contribution is -2.50. The summed E-state index contributed by atoms with van der Waals surface area (Å²) in [5.74, 6) is 0. The summed E-state index contributed by atoms with van der Waals surface area (Å²) in [5.41, 5.74) is -0.516. The van der Waals surface area contributed by atoms with E-state index in [1.54, 1.807) is 24.3 Å². The maximum absolute atomic E-state index is 11.7. The Balaban J connectivity index is 2.80. The molecule has 1 aromatic rings. The third-order valence-electron chi connectivity index (χ3n) is 2.33. The zero-order valence-electron chi connectivity index (χ0n) is 10.1. The Hall–Kier alpha value is -1.21. The van der Waals surface area contributed by atoms with Crippen LogP contribution in [0.1, 0.15) is 12.5 Å². The van der Waals surface area contributed by atoms with Crippen molar-refractivity contribution < 1.29 is 18.6 Å². The van der Waals surface area contributed by atoms with Gasteiger partial charge in [0.1, 0.15) is 0 Å². The molecule has 0 saturated heterocycles. The Morgan fingerprint density at radius 3 is 2.28 bits per heavy atom. The van der Waals surface area contributed by atoms with E-state index < -0.39 is 28.8 Å². The standard InChI is InChI=1S/C12H17NO4S/c1-12(9-14,10-15)13-18(16,17)8-7-11-5-3-2-4-6-11/h2-8,13-15H,9-10H2,1H3/b8-7+. The van der Waals surface area contributed by atoms with Gasteiger partial charge in [0.15, 0.2) is 0 Å². The van der Waals surface area contributed by atoms with E-state index in [0.717, 1.165) is 11.0 Å². The molecule has 0 saturated carbocycles. The lowest BCUT2D eigenvalue weighted by molar-refractivity contribution is 0.122. The van der Waals surface area contributed by atoms with E-state index in [4.69, 9.17) is 10.2 Å². The number of nitrogens with one attached hydrogen (secondary N) is 1. The topological polar surface area (TPSA) is 86.6 Å². The predicted molar refractivity (Wildman–Crippen MR) is 70.1 cm³/mol. The Kier molecular flexibility index (Phi) is 5.03. The number of rotatable bonds is 6. The van der Waals surface area contributed by atoms with Crippen LogP contribution in [-0.2, 0) is 10.0 Å². The average molecular weight is 271 g/mol. The van der Waals surface area contributed by atoms with Crippen LogP contribution < -0.4 is 4.72 Å². The lowest BCUT2D eigenvalue weighted by atomic mass is 10.1. The molecule has 0 amide bonds. The van der Waals surface area contributed by atoms with Gasteiger partial charge in [-0.3, -0.25) is 0 Å². The summed E-state index contributed by atoms with van der Waals surface area (Å²) in [6.07, 6.45) is 1.44. The predicted octanol–water partition coefficient (Wildman–Crippen LogP) is 0.320. The second-order valence-electron chi connectivity index (χ2n) is 4.24. The van der Waals surface area contributed by atoms with Crippen molar-refractivity contribution in [2.45, 2.75) is 12.5 Å². The summed E-state index contributed by atoms with van der Waals surface area (Å²) in [6.45, 7) is 0.449. The molecule has 0 unspecified atom stereocenters. The Morgan fingerprint density at radius 2 is 1.78 bits per heavy atom. The molecule has 0 spiro atoms. The molecule has 3 N–H and O–H groups in total. The fourth-order valence-corrected chi connectivity index (χ4v) is 2.44. The van der Waals surface area contributed by atoms with E-state index >= 15 is 0 Å². The van der Waals surface area contributed by atoms with Crippen LogP contribution in [0.4, 0.5) is 0 Å². The van der Waals surface area contributed by atoms with Gasteiger partial charge in [-0.05, 0) is 18.6 Å². The number of aliphatic hydroxyl groups is 2. The first-order chi connectivity index (χ1) is 8.41. The van der Waals surface area contributed by atoms with E-state index in [2.05, 4.69) is 4.72 Å². The van der Waals surface area contributed by atoms with E-state index in [0.29, 0.717) is 0 Å². The summed E-state index contributed by atoms with van der Waals surface area (Å²) in [5, 5.41) is 19.1. The van der Waals surface area contributed by atoms with Crippen LogP contribution >= 0.6 is 0 Å². The summed E-state index contributed by atoms with van der Waals surface area (Å²) in [6, 6.07) is 8.96. The summed E-state index contributed by atoms with van der Waals surface area (Å²) in [7, 11) is -3.71. The quantitative estimate of drug-likeness (QED) is 0.695. The van der Waals surface area contributed by atoms with E-state index in [-0.39, 0.29) is 0 Å². The van der Waals surface area contributed by atoms with Gasteiger partial charge in [-0.1, -0.05) is 30.3 Å². The third kappa shape index (κ3) is 4.58. The van der Waals surface area contributed by atoms with Crippen molar-refractivity contribution in [2.75, 3.05) is 13.2 Å². The SMILES string of the molecule is CC(CO)(CO)NS(=O)(=O)/C=C/c1ccccc1. The molecular formula is C12H17NO4S. The Labute approximate surface area is 107 Å². The minimum atomic E-state index is -3.71. The molecular weight excluding hydrogens is 254 g/mol. The lowest BCUT2D eigenvalue weighted by Gasteiger charge is -2.24. The highest BCUT2D eigenvalue weighted by molar-refractivity contribution is 7.92. The van der Waals surface area contributed by atoms with Crippen molar-refractivity contribution in [3.8, 4) is 0 Å². The molecule has 0 bridgehead atoms. The minimum Gasteiger partial charge on any atom is -0.394 e. The normalized spacial score (nSPS) is 13.1. The largest absolute Gasteiger partial charge is 0.394 e. The van der Waals surface area contributed by atoms with Crippen LogP contribution in [0.5, 0.6) is 0 Å². The van der Waals surface area contributed by atoms with E-state index in [1.165, 1.54) is 13.0 Å². The van der Waals surface area contributed by atoms with Gasteiger partial charge in [-0.2, -0.15) is 0 Å². The molecule has 1 aromatic carbocycles. The van der Waals surface area contributed by atoms with E-state index in [9.17, 15) is 8.42 Å². The molecule has 1 rings (SSSR count). The van der Waals surface area contributed by atoms with Crippen molar-refractivity contribution in [3.05, 3.63) is 41.3 Å². The van der Waals surface area contributed by atoms with Crippen LogP contribution in [0.15, 0.2) is 35.7 Å². The number of aliphatic hydroxyl groups excluding tert-OH is 2. The second-order valence-corrected chi connectivity index (χ2v) is 5.80. The Bertz CT molecular complexity index is 492. The van der Waals surface area contributed by atoms with Crippen molar-refractivity contribution in [1.82, 2.24) is 4.72 Å². The van der Waals surface area contributed by atoms with Crippen LogP contribution in [0.25, 0.3) is 6.08 Å². The van der Waals surface area contributed by atoms with Crippen molar-refractivity contribution in [3.63, 3.8) is 0 Å². The molecule has 0 fully saturated rings. The third-order valence-corrected chi connectivity index (χ3v) is 3.60. The number of hydrogen-bond acceptors (Lipinski definition) is 4. The maximum atomic E-state index is 11.7. The second kappa shape index (κ2) is 6.10. The molecule has 0 aliphatic rings. The van der Waals surface area contributed by atoms with Gasteiger partial charge in [0.25, 0.3) is 0 Å². The fraction of sp³-hybridized carbons (Fsp3) is 0.333. The highest BCUT2D eigenvalue weighted by atomic mass is 32.2. The average Bonchev–Trinajstić information content (AvgIpc) is 2.37. The number of benzene rings is 1. The van der Waals surface area contributed by atoms with Gasteiger partial charge in [-0.25, -0.2) is 13.1 Å². The van der Waals surface area contributed by atoms with Crippen LogP contribution in [-0.4, -0.2) is 37.4 Å². The highest BCUT2D eigenvalue weighted by Gasteiger charge is 2.26. The first-order valence-corrected chi connectivity index (χ1v) is 6.94. The van der Waals surface area contributed by atoms with Gasteiger partial charge < -0.3 is 10.2 Å². The van der Waals surface area contributed by atoms with Gasteiger partial charge >= 0.3 is 0 Å². The van der Waals surface area contributed by atoms with Crippen LogP contribution in [0.3, 0.4) is 0 Å². The van der Waals surface area contributed by atoms with Gasteiger partial charge in [0.2, 0.25) is 10.0 Å². The number of sulfonamides is 1. The van der Waals surface area contributed by atoms with Crippen molar-refractivity contribution in [1.29, 1.82) is 0 Å². The first kappa shape index (κ1) is 14.8. The molecule has 5 nitrogen and oxygen atoms in total. The monoisotopic (exact) mass is 271 g/mol. The van der Waals surface area contributed by atoms with Crippen molar-refractivity contribution >= 4 is 16.1 Å². The Morgan fingerprint density at radius 1 is 1.22 bits per heavy atom. The molecule has 18 heavy (non-hydrogen) atoms. The summed E-state index contributed by atoms with van der Waals surface area (Å²) < 4.78 is 25.7. The summed E-state index contributed by atoms with van der Waals surface area (Å²) >= 11 is 0. The van der Waals surface area contributed by atoms with Crippen LogP contribution in [0, 0.1) is 0 Å². The minimum absolute atomic E-state index is 0.484. The summed E-state index contributed by atoms with van der Waals surface area (Å²) in [4.78, 5) is 0.